The Hall–Kier alpha value is -0.690. The molecular weight excluding hydrogens is 305 g/mol. The number of halogens is 2. The van der Waals surface area contributed by atoms with Crippen molar-refractivity contribution < 1.29 is 17.5 Å². The number of sulfonamides is 1. The zero-order valence-corrected chi connectivity index (χ0v) is 13.3. The molecule has 1 rings (SSSR count). The molecule has 1 atom stereocenters. The lowest BCUT2D eigenvalue weighted by Gasteiger charge is -2.16. The maximum atomic E-state index is 13.3. The highest BCUT2D eigenvalue weighted by Crippen LogP contribution is 2.24. The minimum absolute atomic E-state index is 0.121. The SMILES string of the molecule is CCOC(CC)CNS(=O)(=O)c1cc(C)c(F)cc1Cl. The molecule has 0 fully saturated rings. The van der Waals surface area contributed by atoms with Crippen LogP contribution in [0, 0.1) is 12.7 Å². The van der Waals surface area contributed by atoms with E-state index in [-0.39, 0.29) is 28.1 Å². The maximum absolute atomic E-state index is 13.3. The first-order chi connectivity index (χ1) is 9.31. The van der Waals surface area contributed by atoms with Gasteiger partial charge in [0.05, 0.1) is 11.1 Å². The molecule has 0 aliphatic carbocycles. The fraction of sp³-hybridized carbons (Fsp3) is 0.538. The molecule has 0 amide bonds. The van der Waals surface area contributed by atoms with Crippen molar-refractivity contribution in [1.29, 1.82) is 0 Å². The Kier molecular flexibility index (Phi) is 6.39. The summed E-state index contributed by atoms with van der Waals surface area (Å²) in [6.07, 6.45) is 0.488. The van der Waals surface area contributed by atoms with Gasteiger partial charge in [0.15, 0.2) is 0 Å². The van der Waals surface area contributed by atoms with Crippen LogP contribution in [0.3, 0.4) is 0 Å². The van der Waals surface area contributed by atoms with E-state index in [1.54, 1.807) is 0 Å². The van der Waals surface area contributed by atoms with Crippen molar-refractivity contribution in [2.75, 3.05) is 13.2 Å². The van der Waals surface area contributed by atoms with E-state index in [0.717, 1.165) is 6.07 Å². The summed E-state index contributed by atoms with van der Waals surface area (Å²) in [6.45, 7) is 5.90. The van der Waals surface area contributed by atoms with Gasteiger partial charge in [-0.25, -0.2) is 17.5 Å². The van der Waals surface area contributed by atoms with Crippen molar-refractivity contribution in [2.24, 2.45) is 0 Å². The summed E-state index contributed by atoms with van der Waals surface area (Å²) in [7, 11) is -3.78. The smallest absolute Gasteiger partial charge is 0.242 e. The van der Waals surface area contributed by atoms with Crippen LogP contribution in [0.4, 0.5) is 4.39 Å². The van der Waals surface area contributed by atoms with Gasteiger partial charge in [-0.15, -0.1) is 0 Å². The van der Waals surface area contributed by atoms with Crippen LogP contribution in [-0.4, -0.2) is 27.7 Å². The van der Waals surface area contributed by atoms with Gasteiger partial charge in [0.1, 0.15) is 10.7 Å². The number of rotatable bonds is 7. The minimum atomic E-state index is -3.78. The van der Waals surface area contributed by atoms with Crippen molar-refractivity contribution >= 4 is 21.6 Å². The average molecular weight is 324 g/mol. The van der Waals surface area contributed by atoms with Gasteiger partial charge in [-0.05, 0) is 38.0 Å². The van der Waals surface area contributed by atoms with E-state index >= 15 is 0 Å². The Morgan fingerprint density at radius 3 is 2.60 bits per heavy atom. The zero-order valence-electron chi connectivity index (χ0n) is 11.7. The van der Waals surface area contributed by atoms with E-state index in [0.29, 0.717) is 13.0 Å². The van der Waals surface area contributed by atoms with Crippen molar-refractivity contribution in [3.63, 3.8) is 0 Å². The molecular formula is C13H19ClFNO3S. The summed E-state index contributed by atoms with van der Waals surface area (Å²) in [6, 6.07) is 2.23. The Labute approximate surface area is 124 Å². The van der Waals surface area contributed by atoms with Crippen LogP contribution in [0.2, 0.25) is 5.02 Å². The number of hydrogen-bond acceptors (Lipinski definition) is 3. The molecule has 0 saturated heterocycles. The standard InChI is InChI=1S/C13H19ClFNO3S/c1-4-10(19-5-2)8-16-20(17,18)13-6-9(3)12(15)7-11(13)14/h6-7,10,16H,4-5,8H2,1-3H3. The molecule has 114 valence electrons. The molecule has 0 bridgehead atoms. The largest absolute Gasteiger partial charge is 0.377 e. The predicted molar refractivity (Wildman–Crippen MR) is 77.0 cm³/mol. The van der Waals surface area contributed by atoms with Crippen LogP contribution >= 0.6 is 11.6 Å². The lowest BCUT2D eigenvalue weighted by molar-refractivity contribution is 0.0640. The van der Waals surface area contributed by atoms with Gasteiger partial charge < -0.3 is 4.74 Å². The Morgan fingerprint density at radius 2 is 2.05 bits per heavy atom. The fourth-order valence-corrected chi connectivity index (χ4v) is 3.34. The van der Waals surface area contributed by atoms with E-state index in [1.165, 1.54) is 13.0 Å². The Morgan fingerprint density at radius 1 is 1.40 bits per heavy atom. The summed E-state index contributed by atoms with van der Waals surface area (Å²) in [5.41, 5.74) is 0.228. The molecule has 1 aromatic rings. The minimum Gasteiger partial charge on any atom is -0.377 e. The van der Waals surface area contributed by atoms with E-state index in [2.05, 4.69) is 4.72 Å². The summed E-state index contributed by atoms with van der Waals surface area (Å²) >= 11 is 5.81. The highest BCUT2D eigenvalue weighted by molar-refractivity contribution is 7.89. The van der Waals surface area contributed by atoms with Crippen molar-refractivity contribution in [2.45, 2.75) is 38.2 Å². The average Bonchev–Trinajstić information content (AvgIpc) is 2.38. The second kappa shape index (κ2) is 7.36. The van der Waals surface area contributed by atoms with Gasteiger partial charge in [-0.2, -0.15) is 0 Å². The molecule has 0 aliphatic heterocycles. The van der Waals surface area contributed by atoms with Crippen LogP contribution in [0.15, 0.2) is 17.0 Å². The first-order valence-corrected chi connectivity index (χ1v) is 8.24. The summed E-state index contributed by atoms with van der Waals surface area (Å²) < 4.78 is 45.4. The maximum Gasteiger partial charge on any atom is 0.242 e. The number of nitrogens with one attached hydrogen (secondary N) is 1. The van der Waals surface area contributed by atoms with Gasteiger partial charge in [-0.3, -0.25) is 0 Å². The lowest BCUT2D eigenvalue weighted by atomic mass is 10.2. The van der Waals surface area contributed by atoms with E-state index < -0.39 is 15.8 Å². The molecule has 1 unspecified atom stereocenters. The third-order valence-electron chi connectivity index (χ3n) is 2.86. The third-order valence-corrected chi connectivity index (χ3v) is 4.75. The van der Waals surface area contributed by atoms with E-state index in [4.69, 9.17) is 16.3 Å². The molecule has 0 heterocycles. The van der Waals surface area contributed by atoms with Crippen molar-refractivity contribution in [3.05, 3.63) is 28.5 Å². The second-order valence-corrected chi connectivity index (χ2v) is 6.51. The van der Waals surface area contributed by atoms with Gasteiger partial charge in [0.2, 0.25) is 10.0 Å². The number of aryl methyl sites for hydroxylation is 1. The quantitative estimate of drug-likeness (QED) is 0.839. The molecule has 0 aliphatic rings. The van der Waals surface area contributed by atoms with Crippen LogP contribution < -0.4 is 4.72 Å². The Bertz CT molecular complexity index is 563. The summed E-state index contributed by atoms with van der Waals surface area (Å²) in [5.74, 6) is -0.533. The van der Waals surface area contributed by atoms with Crippen molar-refractivity contribution in [3.8, 4) is 0 Å². The molecule has 0 aromatic heterocycles. The zero-order chi connectivity index (χ0) is 15.3. The molecule has 4 nitrogen and oxygen atoms in total. The highest BCUT2D eigenvalue weighted by atomic mass is 35.5. The molecule has 20 heavy (non-hydrogen) atoms. The van der Waals surface area contributed by atoms with Gasteiger partial charge in [0.25, 0.3) is 0 Å². The monoisotopic (exact) mass is 323 g/mol. The van der Waals surface area contributed by atoms with Gasteiger partial charge in [0, 0.05) is 13.2 Å². The fourth-order valence-electron chi connectivity index (χ4n) is 1.67. The predicted octanol–water partition coefficient (Wildman–Crippen LogP) is 2.88. The van der Waals surface area contributed by atoms with Crippen LogP contribution in [0.1, 0.15) is 25.8 Å². The third kappa shape index (κ3) is 4.41. The molecule has 0 saturated carbocycles. The van der Waals surface area contributed by atoms with Crippen LogP contribution in [0.5, 0.6) is 0 Å². The van der Waals surface area contributed by atoms with Crippen molar-refractivity contribution in [1.82, 2.24) is 4.72 Å². The van der Waals surface area contributed by atoms with E-state index in [9.17, 15) is 12.8 Å². The lowest BCUT2D eigenvalue weighted by Crippen LogP contribution is -2.33. The van der Waals surface area contributed by atoms with Gasteiger partial charge in [-0.1, -0.05) is 18.5 Å². The van der Waals surface area contributed by atoms with Gasteiger partial charge >= 0.3 is 0 Å². The number of hydrogen-bond donors (Lipinski definition) is 1. The van der Waals surface area contributed by atoms with Crippen LogP contribution in [-0.2, 0) is 14.8 Å². The highest BCUT2D eigenvalue weighted by Gasteiger charge is 2.21. The topological polar surface area (TPSA) is 55.4 Å². The molecule has 0 radical (unpaired) electrons. The molecule has 1 aromatic carbocycles. The second-order valence-electron chi connectivity index (χ2n) is 4.37. The van der Waals surface area contributed by atoms with E-state index in [1.807, 2.05) is 13.8 Å². The normalized spacial score (nSPS) is 13.4. The molecule has 0 spiro atoms. The number of benzene rings is 1. The van der Waals surface area contributed by atoms with Crippen LogP contribution in [0.25, 0.3) is 0 Å². The first-order valence-electron chi connectivity index (χ1n) is 6.38. The first kappa shape index (κ1) is 17.4. The molecule has 7 heteroatoms. The summed E-state index contributed by atoms with van der Waals surface area (Å²) in [4.78, 5) is -0.121. The Balaban J connectivity index is 2.92. The summed E-state index contributed by atoms with van der Waals surface area (Å²) in [5, 5.41) is -0.134. The number of ether oxygens (including phenoxy) is 1. The molecule has 1 N–H and O–H groups in total.